The molecule has 0 bridgehead atoms. The van der Waals surface area contributed by atoms with Gasteiger partial charge in [0.25, 0.3) is 5.91 Å². The van der Waals surface area contributed by atoms with Gasteiger partial charge in [-0.2, -0.15) is 5.10 Å². The Morgan fingerprint density at radius 2 is 2.03 bits per heavy atom. The summed E-state index contributed by atoms with van der Waals surface area (Å²) >= 11 is 14.4. The molecule has 2 aromatic heterocycles. The molecule has 178 valence electrons. The zero-order chi connectivity index (χ0) is 24.2. The van der Waals surface area contributed by atoms with Crippen molar-refractivity contribution in [1.29, 1.82) is 0 Å². The van der Waals surface area contributed by atoms with Crippen LogP contribution in [0.15, 0.2) is 36.7 Å². The van der Waals surface area contributed by atoms with Crippen LogP contribution in [0.25, 0.3) is 0 Å². The van der Waals surface area contributed by atoms with Crippen molar-refractivity contribution in [3.63, 3.8) is 0 Å². The second-order valence-corrected chi connectivity index (χ2v) is 9.90. The van der Waals surface area contributed by atoms with Crippen LogP contribution in [0, 0.1) is 3.57 Å². The van der Waals surface area contributed by atoms with Crippen LogP contribution in [0.1, 0.15) is 46.1 Å². The van der Waals surface area contributed by atoms with Gasteiger partial charge in [-0.25, -0.2) is 4.98 Å². The summed E-state index contributed by atoms with van der Waals surface area (Å²) in [4.78, 5) is 28.9. The number of aliphatic carboxylic acids is 1. The lowest BCUT2D eigenvalue weighted by molar-refractivity contribution is -0.137. The second-order valence-electron chi connectivity index (χ2n) is 8.01. The molecule has 1 atom stereocenters. The number of hydrogen-bond donors (Lipinski definition) is 3. The van der Waals surface area contributed by atoms with E-state index in [0.29, 0.717) is 37.7 Å². The number of carboxylic acid groups (broad SMARTS) is 1. The summed E-state index contributed by atoms with van der Waals surface area (Å²) in [7, 11) is 0. The van der Waals surface area contributed by atoms with Crippen LogP contribution < -0.4 is 10.6 Å². The molecule has 0 radical (unpaired) electrons. The minimum Gasteiger partial charge on any atom is -0.481 e. The molecule has 1 aliphatic rings. The Balaban J connectivity index is 1.42. The Kier molecular flexibility index (Phi) is 7.95. The van der Waals surface area contributed by atoms with Crippen LogP contribution in [-0.4, -0.2) is 38.3 Å². The monoisotopic (exact) mass is 613 g/mol. The number of carbonyl (C=O) groups is 2. The molecule has 1 aromatic carbocycles. The number of pyridine rings is 1. The number of nitrogens with one attached hydrogen (secondary N) is 2. The third-order valence-corrected chi connectivity index (χ3v) is 7.93. The number of hydrogen-bond acceptors (Lipinski definition) is 5. The molecule has 1 amide bonds. The van der Waals surface area contributed by atoms with Crippen molar-refractivity contribution in [1.82, 2.24) is 20.1 Å². The fourth-order valence-electron chi connectivity index (χ4n) is 3.78. The first kappa shape index (κ1) is 24.7. The van der Waals surface area contributed by atoms with Crippen molar-refractivity contribution in [2.45, 2.75) is 38.3 Å². The molecular weight excluding hydrogens is 592 g/mol. The molecule has 3 N–H and O–H groups in total. The van der Waals surface area contributed by atoms with E-state index in [0.717, 1.165) is 30.9 Å². The Hall–Kier alpha value is -2.37. The lowest BCUT2D eigenvalue weighted by Crippen LogP contribution is -2.30. The van der Waals surface area contributed by atoms with Crippen molar-refractivity contribution in [2.24, 2.45) is 0 Å². The number of anilines is 1. The summed E-state index contributed by atoms with van der Waals surface area (Å²) in [6.07, 6.45) is 5.60. The molecule has 34 heavy (non-hydrogen) atoms. The van der Waals surface area contributed by atoms with Gasteiger partial charge in [-0.15, -0.1) is 0 Å². The average molecular weight is 614 g/mol. The smallest absolute Gasteiger partial charge is 0.305 e. The third kappa shape index (κ3) is 6.00. The minimum atomic E-state index is -1.06. The number of benzene rings is 1. The van der Waals surface area contributed by atoms with Crippen molar-refractivity contribution in [3.8, 4) is 0 Å². The number of aromatic nitrogens is 3. The van der Waals surface area contributed by atoms with E-state index in [-0.39, 0.29) is 6.42 Å². The van der Waals surface area contributed by atoms with Gasteiger partial charge in [-0.05, 0) is 64.8 Å². The van der Waals surface area contributed by atoms with Gasteiger partial charge < -0.3 is 15.7 Å². The maximum Gasteiger partial charge on any atom is 0.305 e. The summed E-state index contributed by atoms with van der Waals surface area (Å²) in [6, 6.07) is 6.57. The van der Waals surface area contributed by atoms with Gasteiger partial charge in [-0.3, -0.25) is 14.3 Å². The molecule has 1 aliphatic heterocycles. The van der Waals surface area contributed by atoms with E-state index in [1.165, 1.54) is 11.8 Å². The Morgan fingerprint density at radius 3 is 2.76 bits per heavy atom. The van der Waals surface area contributed by atoms with E-state index in [2.05, 4.69) is 26.8 Å². The van der Waals surface area contributed by atoms with E-state index in [1.54, 1.807) is 23.0 Å². The molecule has 3 heterocycles. The standard InChI is InChI=1S/C23H22Cl2IN5O3/c24-17-8-14(9-18(25)21(17)26)19(10-20(32)33)30-23(34)15-11-28-31(12-15)7-5-16-4-3-13-2-1-6-27-22(13)29-16/h3-4,8-9,11-12,19H,1-2,5-7,10H2,(H,27,29)(H,30,34)(H,32,33). The minimum absolute atomic E-state index is 0.314. The van der Waals surface area contributed by atoms with Gasteiger partial charge in [0.2, 0.25) is 0 Å². The molecular formula is C23H22Cl2IN5O3. The van der Waals surface area contributed by atoms with E-state index in [9.17, 15) is 14.7 Å². The summed E-state index contributed by atoms with van der Waals surface area (Å²) in [6.45, 7) is 1.49. The van der Waals surface area contributed by atoms with Crippen molar-refractivity contribution < 1.29 is 14.7 Å². The van der Waals surface area contributed by atoms with Crippen molar-refractivity contribution in [3.05, 3.63) is 72.7 Å². The molecule has 4 rings (SSSR count). The molecule has 0 saturated heterocycles. The molecule has 0 saturated carbocycles. The lowest BCUT2D eigenvalue weighted by Gasteiger charge is -2.18. The predicted octanol–water partition coefficient (Wildman–Crippen LogP) is 4.74. The number of carboxylic acids is 1. The van der Waals surface area contributed by atoms with Gasteiger partial charge in [-0.1, -0.05) is 29.3 Å². The number of aryl methyl sites for hydroxylation is 3. The number of halogens is 3. The maximum absolute atomic E-state index is 12.8. The van der Waals surface area contributed by atoms with E-state index in [1.807, 2.05) is 28.7 Å². The summed E-state index contributed by atoms with van der Waals surface area (Å²) in [5.74, 6) is -0.539. The molecule has 0 spiro atoms. The average Bonchev–Trinajstić information content (AvgIpc) is 3.29. The van der Waals surface area contributed by atoms with Crippen molar-refractivity contribution in [2.75, 3.05) is 11.9 Å². The quantitative estimate of drug-likeness (QED) is 0.250. The van der Waals surface area contributed by atoms with E-state index >= 15 is 0 Å². The van der Waals surface area contributed by atoms with Crippen LogP contribution in [0.3, 0.4) is 0 Å². The summed E-state index contributed by atoms with van der Waals surface area (Å²) in [5, 5.41) is 20.5. The maximum atomic E-state index is 12.8. The third-order valence-electron chi connectivity index (χ3n) is 5.54. The van der Waals surface area contributed by atoms with Crippen LogP contribution in [0.5, 0.6) is 0 Å². The highest BCUT2D eigenvalue weighted by atomic mass is 127. The summed E-state index contributed by atoms with van der Waals surface area (Å²) in [5.41, 5.74) is 3.03. The Labute approximate surface area is 220 Å². The predicted molar refractivity (Wildman–Crippen MR) is 139 cm³/mol. The fourth-order valence-corrected chi connectivity index (χ4v) is 4.60. The van der Waals surface area contributed by atoms with Crippen LogP contribution in [0.2, 0.25) is 10.0 Å². The highest BCUT2D eigenvalue weighted by molar-refractivity contribution is 14.1. The Bertz CT molecular complexity index is 1210. The van der Waals surface area contributed by atoms with Crippen LogP contribution >= 0.6 is 45.8 Å². The van der Waals surface area contributed by atoms with Gasteiger partial charge in [0.15, 0.2) is 0 Å². The molecule has 0 aliphatic carbocycles. The fraction of sp³-hybridized carbons (Fsp3) is 0.304. The first-order valence-electron chi connectivity index (χ1n) is 10.7. The van der Waals surface area contributed by atoms with Gasteiger partial charge in [0.05, 0.1) is 37.8 Å². The number of carbonyl (C=O) groups excluding carboxylic acids is 1. The topological polar surface area (TPSA) is 109 Å². The molecule has 8 nitrogen and oxygen atoms in total. The van der Waals surface area contributed by atoms with Gasteiger partial charge >= 0.3 is 5.97 Å². The van der Waals surface area contributed by atoms with Crippen LogP contribution in [0.4, 0.5) is 5.82 Å². The normalized spacial score (nSPS) is 13.6. The largest absolute Gasteiger partial charge is 0.481 e. The Morgan fingerprint density at radius 1 is 1.26 bits per heavy atom. The zero-order valence-electron chi connectivity index (χ0n) is 18.0. The lowest BCUT2D eigenvalue weighted by atomic mass is 10.0. The highest BCUT2D eigenvalue weighted by Gasteiger charge is 2.22. The molecule has 1 unspecified atom stereocenters. The molecule has 11 heteroatoms. The second kappa shape index (κ2) is 10.9. The number of nitrogens with zero attached hydrogens (tertiary/aromatic N) is 3. The molecule has 3 aromatic rings. The first-order valence-corrected chi connectivity index (χ1v) is 12.6. The van der Waals surface area contributed by atoms with Crippen molar-refractivity contribution >= 4 is 63.5 Å². The number of amides is 1. The number of rotatable bonds is 8. The highest BCUT2D eigenvalue weighted by Crippen LogP contribution is 2.31. The molecule has 0 fully saturated rings. The number of fused-ring (bicyclic) bond motifs is 1. The zero-order valence-corrected chi connectivity index (χ0v) is 21.7. The van der Waals surface area contributed by atoms with Crippen LogP contribution in [-0.2, 0) is 24.2 Å². The SMILES string of the molecule is O=C(O)CC(NC(=O)c1cnn(CCc2ccc3c(n2)NCCC3)c1)c1cc(Cl)c(I)c(Cl)c1. The van der Waals surface area contributed by atoms with Gasteiger partial charge in [0.1, 0.15) is 5.82 Å². The summed E-state index contributed by atoms with van der Waals surface area (Å²) < 4.78 is 2.34. The van der Waals surface area contributed by atoms with E-state index < -0.39 is 17.9 Å². The van der Waals surface area contributed by atoms with E-state index in [4.69, 9.17) is 23.2 Å². The first-order chi connectivity index (χ1) is 16.3. The van der Waals surface area contributed by atoms with Gasteiger partial charge in [0, 0.05) is 31.4 Å².